The summed E-state index contributed by atoms with van der Waals surface area (Å²) < 4.78 is 0. The molecule has 2 heteroatoms. The molecule has 118 valence electrons. The first kappa shape index (κ1) is 16.3. The van der Waals surface area contributed by atoms with E-state index >= 15 is 0 Å². The van der Waals surface area contributed by atoms with Crippen molar-refractivity contribution < 1.29 is 0 Å². The summed E-state index contributed by atoms with van der Waals surface area (Å²) in [6, 6.07) is 0.956. The lowest BCUT2D eigenvalue weighted by atomic mass is 9.99. The van der Waals surface area contributed by atoms with Gasteiger partial charge in [0.1, 0.15) is 0 Å². The summed E-state index contributed by atoms with van der Waals surface area (Å²) >= 11 is 0. The molecule has 1 N–H and O–H groups in total. The average molecular weight is 281 g/mol. The van der Waals surface area contributed by atoms with Gasteiger partial charge in [-0.25, -0.2) is 0 Å². The van der Waals surface area contributed by atoms with Gasteiger partial charge in [-0.1, -0.05) is 45.4 Å². The lowest BCUT2D eigenvalue weighted by Crippen LogP contribution is -2.39. The van der Waals surface area contributed by atoms with E-state index in [1.54, 1.807) is 0 Å². The Hall–Kier alpha value is -0.0800. The van der Waals surface area contributed by atoms with Crippen LogP contribution in [0.15, 0.2) is 0 Å². The maximum atomic E-state index is 3.57. The summed E-state index contributed by atoms with van der Waals surface area (Å²) in [5.74, 6) is 0.925. The third-order valence-electron chi connectivity index (χ3n) is 5.00. The Morgan fingerprint density at radius 3 is 2.35 bits per heavy atom. The van der Waals surface area contributed by atoms with Gasteiger partial charge >= 0.3 is 0 Å². The number of unbranched alkanes of at least 4 members (excludes halogenated alkanes) is 6. The van der Waals surface area contributed by atoms with E-state index in [4.69, 9.17) is 0 Å². The Morgan fingerprint density at radius 2 is 1.70 bits per heavy atom. The molecule has 1 unspecified atom stereocenters. The average Bonchev–Trinajstić information content (AvgIpc) is 3.31. The van der Waals surface area contributed by atoms with Crippen LogP contribution < -0.4 is 5.32 Å². The van der Waals surface area contributed by atoms with E-state index in [0.717, 1.165) is 12.0 Å². The van der Waals surface area contributed by atoms with Crippen LogP contribution in [-0.2, 0) is 0 Å². The van der Waals surface area contributed by atoms with Crippen LogP contribution in [0.4, 0.5) is 0 Å². The lowest BCUT2D eigenvalue weighted by Gasteiger charge is -2.30. The zero-order valence-corrected chi connectivity index (χ0v) is 13.7. The maximum absolute atomic E-state index is 3.57. The zero-order valence-electron chi connectivity index (χ0n) is 13.7. The molecule has 1 aliphatic carbocycles. The summed E-state index contributed by atoms with van der Waals surface area (Å²) in [4.78, 5) is 2.82. The van der Waals surface area contributed by atoms with E-state index in [9.17, 15) is 0 Å². The predicted octanol–water partition coefficient (Wildman–Crippen LogP) is 4.20. The van der Waals surface area contributed by atoms with Crippen LogP contribution >= 0.6 is 0 Å². The number of piperidine rings is 1. The van der Waals surface area contributed by atoms with Crippen LogP contribution in [0.5, 0.6) is 0 Å². The van der Waals surface area contributed by atoms with Crippen LogP contribution in [0, 0.1) is 5.92 Å². The van der Waals surface area contributed by atoms with Crippen molar-refractivity contribution in [1.82, 2.24) is 10.2 Å². The van der Waals surface area contributed by atoms with Gasteiger partial charge in [0.25, 0.3) is 0 Å². The molecule has 0 spiro atoms. The number of hydrogen-bond donors (Lipinski definition) is 1. The molecular formula is C18H36N2. The highest BCUT2D eigenvalue weighted by Crippen LogP contribution is 2.29. The van der Waals surface area contributed by atoms with Crippen LogP contribution in [-0.4, -0.2) is 37.1 Å². The van der Waals surface area contributed by atoms with Gasteiger partial charge < -0.3 is 10.2 Å². The molecule has 1 saturated heterocycles. The predicted molar refractivity (Wildman–Crippen MR) is 88.2 cm³/mol. The molecule has 1 heterocycles. The summed E-state index contributed by atoms with van der Waals surface area (Å²) in [6.07, 6.45) is 15.8. The molecular weight excluding hydrogens is 244 g/mol. The van der Waals surface area contributed by atoms with Gasteiger partial charge in [0.15, 0.2) is 0 Å². The fourth-order valence-electron chi connectivity index (χ4n) is 3.55. The third kappa shape index (κ3) is 6.58. The van der Waals surface area contributed by atoms with Crippen molar-refractivity contribution >= 4 is 0 Å². The number of hydrogen-bond acceptors (Lipinski definition) is 2. The van der Waals surface area contributed by atoms with Crippen LogP contribution in [0.3, 0.4) is 0 Å². The number of nitrogens with one attached hydrogen (secondary N) is 1. The fraction of sp³-hybridized carbons (Fsp3) is 1.00. The minimum atomic E-state index is 0.925. The minimum Gasteiger partial charge on any atom is -0.316 e. The van der Waals surface area contributed by atoms with Gasteiger partial charge in [-0.05, 0) is 57.7 Å². The topological polar surface area (TPSA) is 15.3 Å². The molecule has 2 aliphatic rings. The van der Waals surface area contributed by atoms with E-state index in [2.05, 4.69) is 17.1 Å². The smallest absolute Gasteiger partial charge is 0.00965 e. The van der Waals surface area contributed by atoms with Crippen molar-refractivity contribution in [3.05, 3.63) is 0 Å². The van der Waals surface area contributed by atoms with Gasteiger partial charge in [-0.2, -0.15) is 0 Å². The van der Waals surface area contributed by atoms with Crippen molar-refractivity contribution in [3.8, 4) is 0 Å². The molecule has 0 aromatic heterocycles. The maximum Gasteiger partial charge on any atom is 0.00965 e. The second kappa shape index (κ2) is 9.78. The SMILES string of the molecule is CCCCCCCCCN(CC1CCCNC1)C1CC1. The van der Waals surface area contributed by atoms with Gasteiger partial charge in [-0.3, -0.25) is 0 Å². The molecule has 2 rings (SSSR count). The third-order valence-corrected chi connectivity index (χ3v) is 5.00. The van der Waals surface area contributed by atoms with Crippen molar-refractivity contribution in [2.75, 3.05) is 26.2 Å². The quantitative estimate of drug-likeness (QED) is 0.571. The molecule has 0 bridgehead atoms. The summed E-state index contributed by atoms with van der Waals surface area (Å²) in [7, 11) is 0. The van der Waals surface area contributed by atoms with Gasteiger partial charge in [0.05, 0.1) is 0 Å². The highest BCUT2D eigenvalue weighted by molar-refractivity contribution is 4.86. The van der Waals surface area contributed by atoms with E-state index < -0.39 is 0 Å². The lowest BCUT2D eigenvalue weighted by molar-refractivity contribution is 0.196. The Morgan fingerprint density at radius 1 is 0.950 bits per heavy atom. The van der Waals surface area contributed by atoms with E-state index in [-0.39, 0.29) is 0 Å². The molecule has 1 atom stereocenters. The monoisotopic (exact) mass is 280 g/mol. The second-order valence-corrected chi connectivity index (χ2v) is 7.06. The highest BCUT2D eigenvalue weighted by Gasteiger charge is 2.30. The van der Waals surface area contributed by atoms with E-state index in [1.165, 1.54) is 96.8 Å². The molecule has 0 aromatic carbocycles. The second-order valence-electron chi connectivity index (χ2n) is 7.06. The first-order valence-electron chi connectivity index (χ1n) is 9.35. The normalized spacial score (nSPS) is 23.4. The molecule has 0 amide bonds. The number of rotatable bonds is 11. The molecule has 2 fully saturated rings. The minimum absolute atomic E-state index is 0.925. The van der Waals surface area contributed by atoms with Gasteiger partial charge in [-0.15, -0.1) is 0 Å². The summed E-state index contributed by atoms with van der Waals surface area (Å²) in [5, 5.41) is 3.57. The molecule has 1 saturated carbocycles. The molecule has 20 heavy (non-hydrogen) atoms. The molecule has 1 aliphatic heterocycles. The molecule has 2 nitrogen and oxygen atoms in total. The van der Waals surface area contributed by atoms with Crippen LogP contribution in [0.2, 0.25) is 0 Å². The number of nitrogens with zero attached hydrogens (tertiary/aromatic N) is 1. The Labute approximate surface area is 126 Å². The van der Waals surface area contributed by atoms with Crippen LogP contribution in [0.1, 0.15) is 77.6 Å². The van der Waals surface area contributed by atoms with Gasteiger partial charge in [0.2, 0.25) is 0 Å². The highest BCUT2D eigenvalue weighted by atomic mass is 15.2. The van der Waals surface area contributed by atoms with Crippen LogP contribution in [0.25, 0.3) is 0 Å². The van der Waals surface area contributed by atoms with Crippen molar-refractivity contribution in [2.45, 2.75) is 83.6 Å². The molecule has 0 aromatic rings. The van der Waals surface area contributed by atoms with E-state index in [0.29, 0.717) is 0 Å². The fourth-order valence-corrected chi connectivity index (χ4v) is 3.55. The summed E-state index contributed by atoms with van der Waals surface area (Å²) in [6.45, 7) is 7.55. The first-order valence-corrected chi connectivity index (χ1v) is 9.35. The standard InChI is InChI=1S/C18H36N2/c1-2-3-4-5-6-7-8-14-20(18-11-12-18)16-17-10-9-13-19-15-17/h17-19H,2-16H2,1H3. The molecule has 0 radical (unpaired) electrons. The summed E-state index contributed by atoms with van der Waals surface area (Å²) in [5.41, 5.74) is 0. The first-order chi connectivity index (χ1) is 9.90. The Bertz CT molecular complexity index is 232. The van der Waals surface area contributed by atoms with E-state index in [1.807, 2.05) is 0 Å². The largest absolute Gasteiger partial charge is 0.316 e. The Kier molecular flexibility index (Phi) is 7.97. The van der Waals surface area contributed by atoms with Crippen molar-refractivity contribution in [1.29, 1.82) is 0 Å². The van der Waals surface area contributed by atoms with Crippen molar-refractivity contribution in [2.24, 2.45) is 5.92 Å². The zero-order chi connectivity index (χ0) is 14.0. The Balaban J connectivity index is 1.53. The van der Waals surface area contributed by atoms with Crippen molar-refractivity contribution in [3.63, 3.8) is 0 Å². The van der Waals surface area contributed by atoms with Gasteiger partial charge in [0, 0.05) is 12.6 Å².